The zero-order valence-corrected chi connectivity index (χ0v) is 11.1. The number of hydrogen-bond acceptors (Lipinski definition) is 3. The summed E-state index contributed by atoms with van der Waals surface area (Å²) in [6, 6.07) is 14.9. The standard InChI is InChI=1S/C16H9ClO3/c17-13-7-3-1-6-11(13)16(19)12-9-15(18)20-14-8-4-2-5-10(12)14/h1-9H. The summed E-state index contributed by atoms with van der Waals surface area (Å²) < 4.78 is 5.08. The van der Waals surface area contributed by atoms with Crippen LogP contribution in [-0.4, -0.2) is 5.78 Å². The molecule has 0 N–H and O–H groups in total. The molecule has 1 heterocycles. The van der Waals surface area contributed by atoms with E-state index >= 15 is 0 Å². The molecule has 0 unspecified atom stereocenters. The normalized spacial score (nSPS) is 10.7. The van der Waals surface area contributed by atoms with Crippen molar-refractivity contribution in [2.75, 3.05) is 0 Å². The number of para-hydroxylation sites is 1. The van der Waals surface area contributed by atoms with Gasteiger partial charge >= 0.3 is 5.63 Å². The van der Waals surface area contributed by atoms with Crippen molar-refractivity contribution in [2.45, 2.75) is 0 Å². The fourth-order valence-electron chi connectivity index (χ4n) is 2.09. The van der Waals surface area contributed by atoms with Crippen LogP contribution in [0.15, 0.2) is 63.8 Å². The third kappa shape index (κ3) is 2.12. The Hall–Kier alpha value is -2.39. The molecule has 98 valence electrons. The Kier molecular flexibility index (Phi) is 3.12. The van der Waals surface area contributed by atoms with Gasteiger partial charge in [0.1, 0.15) is 5.58 Å². The highest BCUT2D eigenvalue weighted by Gasteiger charge is 2.16. The number of carbonyl (C=O) groups is 1. The van der Waals surface area contributed by atoms with Crippen LogP contribution in [0.1, 0.15) is 15.9 Å². The summed E-state index contributed by atoms with van der Waals surface area (Å²) in [6.07, 6.45) is 0. The lowest BCUT2D eigenvalue weighted by Gasteiger charge is -2.06. The fraction of sp³-hybridized carbons (Fsp3) is 0. The smallest absolute Gasteiger partial charge is 0.336 e. The molecule has 0 saturated carbocycles. The van der Waals surface area contributed by atoms with Crippen molar-refractivity contribution in [3.05, 3.63) is 81.2 Å². The van der Waals surface area contributed by atoms with Gasteiger partial charge in [0, 0.05) is 22.6 Å². The minimum Gasteiger partial charge on any atom is -0.423 e. The molecule has 4 heteroatoms. The van der Waals surface area contributed by atoms with E-state index in [0.29, 0.717) is 27.1 Å². The fourth-order valence-corrected chi connectivity index (χ4v) is 2.31. The molecule has 20 heavy (non-hydrogen) atoms. The van der Waals surface area contributed by atoms with Crippen molar-refractivity contribution in [3.63, 3.8) is 0 Å². The highest BCUT2D eigenvalue weighted by Crippen LogP contribution is 2.23. The summed E-state index contributed by atoms with van der Waals surface area (Å²) in [7, 11) is 0. The summed E-state index contributed by atoms with van der Waals surface area (Å²) in [6.45, 7) is 0. The number of fused-ring (bicyclic) bond motifs is 1. The van der Waals surface area contributed by atoms with Gasteiger partial charge in [-0.25, -0.2) is 4.79 Å². The van der Waals surface area contributed by atoms with Crippen LogP contribution in [-0.2, 0) is 0 Å². The first-order chi connectivity index (χ1) is 9.66. The quantitative estimate of drug-likeness (QED) is 0.533. The molecule has 1 aromatic heterocycles. The van der Waals surface area contributed by atoms with Gasteiger partial charge in [-0.2, -0.15) is 0 Å². The maximum absolute atomic E-state index is 12.6. The van der Waals surface area contributed by atoms with Crippen LogP contribution < -0.4 is 5.63 Å². The van der Waals surface area contributed by atoms with E-state index in [1.165, 1.54) is 6.07 Å². The minimum atomic E-state index is -0.556. The Balaban J connectivity index is 2.27. The van der Waals surface area contributed by atoms with Crippen LogP contribution in [0.2, 0.25) is 5.02 Å². The van der Waals surface area contributed by atoms with E-state index in [0.717, 1.165) is 0 Å². The Labute approximate surface area is 119 Å². The average molecular weight is 285 g/mol. The molecule has 0 radical (unpaired) electrons. The van der Waals surface area contributed by atoms with E-state index in [1.54, 1.807) is 48.5 Å². The number of halogens is 1. The minimum absolute atomic E-state index is 0.292. The van der Waals surface area contributed by atoms with Crippen LogP contribution >= 0.6 is 11.6 Å². The highest BCUT2D eigenvalue weighted by molar-refractivity contribution is 6.35. The first-order valence-corrected chi connectivity index (χ1v) is 6.37. The second-order valence-corrected chi connectivity index (χ2v) is 4.69. The summed E-state index contributed by atoms with van der Waals surface area (Å²) >= 11 is 6.04. The van der Waals surface area contributed by atoms with Crippen LogP contribution in [0.5, 0.6) is 0 Å². The molecule has 0 aliphatic carbocycles. The summed E-state index contributed by atoms with van der Waals surface area (Å²) in [5.74, 6) is -0.292. The molecule has 3 rings (SSSR count). The molecule has 0 spiro atoms. The average Bonchev–Trinajstić information content (AvgIpc) is 2.46. The third-order valence-corrected chi connectivity index (χ3v) is 3.34. The summed E-state index contributed by atoms with van der Waals surface area (Å²) in [5, 5.41) is 0.951. The molecule has 3 aromatic rings. The molecule has 0 amide bonds. The zero-order valence-electron chi connectivity index (χ0n) is 10.3. The van der Waals surface area contributed by atoms with Gasteiger partial charge in [-0.1, -0.05) is 41.9 Å². The van der Waals surface area contributed by atoms with Crippen LogP contribution in [0.3, 0.4) is 0 Å². The Bertz CT molecular complexity index is 865. The van der Waals surface area contributed by atoms with Gasteiger partial charge in [0.05, 0.1) is 5.02 Å². The van der Waals surface area contributed by atoms with E-state index in [-0.39, 0.29) is 5.78 Å². The van der Waals surface area contributed by atoms with Crippen molar-refractivity contribution in [1.29, 1.82) is 0 Å². The van der Waals surface area contributed by atoms with E-state index in [2.05, 4.69) is 0 Å². The van der Waals surface area contributed by atoms with Crippen LogP contribution in [0.4, 0.5) is 0 Å². The number of rotatable bonds is 2. The number of benzene rings is 2. The van der Waals surface area contributed by atoms with Gasteiger partial charge < -0.3 is 4.42 Å². The predicted molar refractivity (Wildman–Crippen MR) is 77.4 cm³/mol. The van der Waals surface area contributed by atoms with Crippen molar-refractivity contribution >= 4 is 28.4 Å². The molecule has 0 saturated heterocycles. The van der Waals surface area contributed by atoms with Crippen molar-refractivity contribution in [3.8, 4) is 0 Å². The second-order valence-electron chi connectivity index (χ2n) is 4.28. The number of ketones is 1. The Morgan fingerprint density at radius 2 is 1.65 bits per heavy atom. The Morgan fingerprint density at radius 3 is 2.45 bits per heavy atom. The van der Waals surface area contributed by atoms with Crippen LogP contribution in [0, 0.1) is 0 Å². The monoisotopic (exact) mass is 284 g/mol. The zero-order chi connectivity index (χ0) is 14.1. The lowest BCUT2D eigenvalue weighted by atomic mass is 10.0. The first kappa shape index (κ1) is 12.6. The van der Waals surface area contributed by atoms with Gasteiger partial charge in [0.2, 0.25) is 0 Å². The lowest BCUT2D eigenvalue weighted by Crippen LogP contribution is -2.08. The molecule has 0 aliphatic rings. The van der Waals surface area contributed by atoms with E-state index in [9.17, 15) is 9.59 Å². The topological polar surface area (TPSA) is 47.3 Å². The van der Waals surface area contributed by atoms with E-state index in [4.69, 9.17) is 16.0 Å². The first-order valence-electron chi connectivity index (χ1n) is 5.99. The maximum atomic E-state index is 12.6. The van der Waals surface area contributed by atoms with Gasteiger partial charge in [-0.15, -0.1) is 0 Å². The largest absolute Gasteiger partial charge is 0.423 e. The number of hydrogen-bond donors (Lipinski definition) is 0. The van der Waals surface area contributed by atoms with Gasteiger partial charge in [0.15, 0.2) is 5.78 Å². The van der Waals surface area contributed by atoms with Crippen molar-refractivity contribution in [1.82, 2.24) is 0 Å². The van der Waals surface area contributed by atoms with Crippen molar-refractivity contribution in [2.24, 2.45) is 0 Å². The second kappa shape index (κ2) is 4.94. The van der Waals surface area contributed by atoms with Gasteiger partial charge in [0.25, 0.3) is 0 Å². The SMILES string of the molecule is O=C(c1ccccc1Cl)c1cc(=O)oc2ccccc12. The predicted octanol–water partition coefficient (Wildman–Crippen LogP) is 3.68. The van der Waals surface area contributed by atoms with E-state index in [1.807, 2.05) is 0 Å². The molecular weight excluding hydrogens is 276 g/mol. The Morgan fingerprint density at radius 1 is 0.950 bits per heavy atom. The molecule has 0 fully saturated rings. The number of carbonyl (C=O) groups excluding carboxylic acids is 1. The summed E-state index contributed by atoms with van der Waals surface area (Å²) in [4.78, 5) is 24.1. The molecule has 0 atom stereocenters. The molecule has 3 nitrogen and oxygen atoms in total. The third-order valence-electron chi connectivity index (χ3n) is 3.01. The molecular formula is C16H9ClO3. The van der Waals surface area contributed by atoms with E-state index < -0.39 is 5.63 Å². The lowest BCUT2D eigenvalue weighted by molar-refractivity contribution is 0.104. The van der Waals surface area contributed by atoms with Crippen molar-refractivity contribution < 1.29 is 9.21 Å². The van der Waals surface area contributed by atoms with Gasteiger partial charge in [-0.3, -0.25) is 4.79 Å². The van der Waals surface area contributed by atoms with Crippen LogP contribution in [0.25, 0.3) is 11.0 Å². The molecule has 2 aromatic carbocycles. The molecule has 0 aliphatic heterocycles. The highest BCUT2D eigenvalue weighted by atomic mass is 35.5. The summed E-state index contributed by atoms with van der Waals surface area (Å²) in [5.41, 5.74) is 0.490. The maximum Gasteiger partial charge on any atom is 0.336 e. The molecule has 0 bridgehead atoms. The van der Waals surface area contributed by atoms with Gasteiger partial charge in [-0.05, 0) is 18.2 Å².